The Balaban J connectivity index is 1.71. The molecule has 0 spiro atoms. The summed E-state index contributed by atoms with van der Waals surface area (Å²) in [7, 11) is -4.27. The van der Waals surface area contributed by atoms with Crippen molar-refractivity contribution in [2.45, 2.75) is 154 Å². The van der Waals surface area contributed by atoms with Gasteiger partial charge in [0.15, 0.2) is 52.3 Å². The number of hydrogen-bond donors (Lipinski definition) is 0. The zero-order valence-corrected chi connectivity index (χ0v) is 33.0. The molecule has 0 aliphatic rings. The molecule has 0 aliphatic carbocycles. The Morgan fingerprint density at radius 3 is 1.41 bits per heavy atom. The van der Waals surface area contributed by atoms with Gasteiger partial charge in [0.2, 0.25) is 0 Å². The molecule has 0 saturated carbocycles. The summed E-state index contributed by atoms with van der Waals surface area (Å²) in [5.41, 5.74) is -0.168. The second-order valence-electron chi connectivity index (χ2n) is 15.2. The summed E-state index contributed by atoms with van der Waals surface area (Å²) in [6.07, 6.45) is 11.9. The van der Waals surface area contributed by atoms with Gasteiger partial charge in [-0.3, -0.25) is 0 Å². The molecule has 0 aromatic heterocycles. The lowest BCUT2D eigenvalue weighted by atomic mass is 9.91. The van der Waals surface area contributed by atoms with Crippen LogP contribution >= 0.6 is 0 Å². The maximum atomic E-state index is 16.5. The van der Waals surface area contributed by atoms with E-state index in [2.05, 4.69) is 27.3 Å². The number of rotatable bonds is 21. The van der Waals surface area contributed by atoms with Gasteiger partial charge in [-0.25, -0.2) is 35.1 Å². The Hall–Kier alpha value is -2.41. The van der Waals surface area contributed by atoms with E-state index in [0.29, 0.717) is 12.1 Å². The topological polar surface area (TPSA) is 9.23 Å². The molecule has 0 aliphatic heterocycles. The van der Waals surface area contributed by atoms with E-state index in [1.54, 1.807) is 6.07 Å². The highest BCUT2D eigenvalue weighted by Crippen LogP contribution is 2.48. The third-order valence-electron chi connectivity index (χ3n) is 11.6. The standard InChI is InChI=1S/C40H53F8OSi2/c1-7-10-11-12-16-19-22-51(25(4)5,23-20-17-14-13-15-18-21-50(6,8-2)9-3)49-40-38(47)31-29-28-26(33(42)35(31)44)24-27(41)34(43)30(28)36(45)37(46)32(29)39(40)48/h25H,7-23H2,1-6H3. The van der Waals surface area contributed by atoms with Crippen molar-refractivity contribution in [2.75, 3.05) is 0 Å². The van der Waals surface area contributed by atoms with Crippen LogP contribution in [0.25, 0.3) is 32.3 Å². The molecule has 0 N–H and O–H groups in total. The highest BCUT2D eigenvalue weighted by molar-refractivity contribution is 6.78. The SMILES string of the molecule is CCCCCCCC[Si](CCCCCCCC[Si](C)(CC)CC)(Oc1c(F)c2c(F)c(F)c3[c]c(F)c(F)c4c(F)c(F)c(c1F)c2c34)C(C)C. The largest absolute Gasteiger partial charge is 0.539 e. The van der Waals surface area contributed by atoms with Crippen LogP contribution in [0.5, 0.6) is 5.75 Å². The van der Waals surface area contributed by atoms with Gasteiger partial charge in [0.25, 0.3) is 8.32 Å². The van der Waals surface area contributed by atoms with E-state index < -0.39 is 101 Å². The van der Waals surface area contributed by atoms with Crippen LogP contribution in [-0.4, -0.2) is 16.4 Å². The number of halogens is 8. The van der Waals surface area contributed by atoms with Crippen molar-refractivity contribution in [3.63, 3.8) is 0 Å². The quantitative estimate of drug-likeness (QED) is 0.0356. The van der Waals surface area contributed by atoms with Crippen molar-refractivity contribution in [1.82, 2.24) is 0 Å². The second kappa shape index (κ2) is 17.6. The van der Waals surface area contributed by atoms with Crippen molar-refractivity contribution in [3.8, 4) is 5.75 Å². The Morgan fingerprint density at radius 1 is 0.510 bits per heavy atom. The van der Waals surface area contributed by atoms with E-state index in [-0.39, 0.29) is 5.54 Å². The van der Waals surface area contributed by atoms with Gasteiger partial charge in [0, 0.05) is 30.3 Å². The van der Waals surface area contributed by atoms with E-state index in [1.165, 1.54) is 24.6 Å². The third kappa shape index (κ3) is 8.39. The molecule has 1 radical (unpaired) electrons. The number of benzene rings is 4. The van der Waals surface area contributed by atoms with Gasteiger partial charge in [0.1, 0.15) is 0 Å². The summed E-state index contributed by atoms with van der Waals surface area (Å²) >= 11 is 0. The summed E-state index contributed by atoms with van der Waals surface area (Å²) in [5, 5.41) is -6.67. The first-order valence-corrected chi connectivity index (χ1v) is 24.5. The number of unbranched alkanes of at least 4 members (excludes halogenated alkanes) is 10. The van der Waals surface area contributed by atoms with Crippen LogP contribution in [0.2, 0.25) is 42.3 Å². The molecule has 1 atom stereocenters. The van der Waals surface area contributed by atoms with E-state index >= 15 is 26.3 Å². The monoisotopic (exact) mass is 757 g/mol. The van der Waals surface area contributed by atoms with Crippen molar-refractivity contribution in [1.29, 1.82) is 0 Å². The minimum Gasteiger partial charge on any atom is -0.539 e. The Labute approximate surface area is 300 Å². The summed E-state index contributed by atoms with van der Waals surface area (Å²) < 4.78 is 131. The van der Waals surface area contributed by atoms with Crippen molar-refractivity contribution in [2.24, 2.45) is 0 Å². The van der Waals surface area contributed by atoms with Crippen LogP contribution < -0.4 is 4.43 Å². The summed E-state index contributed by atoms with van der Waals surface area (Å²) in [6, 6.07) is 6.64. The smallest absolute Gasteiger partial charge is 0.254 e. The van der Waals surface area contributed by atoms with Gasteiger partial charge in [0.05, 0.1) is 16.2 Å². The van der Waals surface area contributed by atoms with Gasteiger partial charge in [-0.05, 0) is 17.6 Å². The average molecular weight is 758 g/mol. The molecule has 0 saturated heterocycles. The van der Waals surface area contributed by atoms with Crippen LogP contribution in [0.15, 0.2) is 0 Å². The summed E-state index contributed by atoms with van der Waals surface area (Å²) in [6.45, 7) is 13.0. The van der Waals surface area contributed by atoms with Gasteiger partial charge >= 0.3 is 0 Å². The molecule has 4 rings (SSSR count). The van der Waals surface area contributed by atoms with E-state index in [9.17, 15) is 8.78 Å². The zero-order valence-electron chi connectivity index (χ0n) is 31.0. The Kier molecular flexibility index (Phi) is 14.3. The minimum atomic E-state index is -3.14. The lowest BCUT2D eigenvalue weighted by molar-refractivity contribution is 0.426. The molecule has 4 aromatic rings. The van der Waals surface area contributed by atoms with Crippen LogP contribution in [0.1, 0.15) is 112 Å². The second-order valence-corrected chi connectivity index (χ2v) is 25.2. The molecule has 1 nitrogen and oxygen atoms in total. The third-order valence-corrected chi connectivity index (χ3v) is 21.7. The first kappa shape index (κ1) is 41.4. The lowest BCUT2D eigenvalue weighted by Crippen LogP contribution is -2.45. The van der Waals surface area contributed by atoms with Crippen molar-refractivity contribution >= 4 is 48.7 Å². The van der Waals surface area contributed by atoms with Crippen LogP contribution in [0.4, 0.5) is 35.1 Å². The van der Waals surface area contributed by atoms with Crippen molar-refractivity contribution < 1.29 is 39.5 Å². The molecule has 0 amide bonds. The Morgan fingerprint density at radius 2 is 0.941 bits per heavy atom. The van der Waals surface area contributed by atoms with Gasteiger partial charge in [-0.15, -0.1) is 0 Å². The molecule has 1 unspecified atom stereocenters. The van der Waals surface area contributed by atoms with E-state index in [4.69, 9.17) is 4.43 Å². The van der Waals surface area contributed by atoms with Gasteiger partial charge < -0.3 is 4.43 Å². The molecule has 51 heavy (non-hydrogen) atoms. The molecule has 283 valence electrons. The first-order valence-electron chi connectivity index (χ1n) is 19.0. The summed E-state index contributed by atoms with van der Waals surface area (Å²) in [5.74, 6) is -15.8. The van der Waals surface area contributed by atoms with E-state index in [1.807, 2.05) is 13.8 Å². The molecular formula is C40H53F8OSi2. The predicted octanol–water partition coefficient (Wildman–Crippen LogP) is 15.1. The maximum Gasteiger partial charge on any atom is 0.254 e. The van der Waals surface area contributed by atoms with Crippen LogP contribution in [-0.2, 0) is 0 Å². The van der Waals surface area contributed by atoms with E-state index in [0.717, 1.165) is 70.6 Å². The summed E-state index contributed by atoms with van der Waals surface area (Å²) in [4.78, 5) is 0. The van der Waals surface area contributed by atoms with Gasteiger partial charge in [-0.2, -0.15) is 0 Å². The van der Waals surface area contributed by atoms with Crippen LogP contribution in [0.3, 0.4) is 0 Å². The molecule has 0 fully saturated rings. The fourth-order valence-corrected chi connectivity index (χ4v) is 14.1. The predicted molar refractivity (Wildman–Crippen MR) is 198 cm³/mol. The highest BCUT2D eigenvalue weighted by Gasteiger charge is 2.42. The fourth-order valence-electron chi connectivity index (χ4n) is 7.67. The minimum absolute atomic E-state index is 0.168. The van der Waals surface area contributed by atoms with Gasteiger partial charge in [-0.1, -0.05) is 136 Å². The fraction of sp³-hybridized carbons (Fsp3) is 0.600. The normalized spacial score (nSPS) is 13.8. The maximum absolute atomic E-state index is 16.5. The number of hydrogen-bond acceptors (Lipinski definition) is 1. The highest BCUT2D eigenvalue weighted by atomic mass is 28.4. The average Bonchev–Trinajstić information content (AvgIpc) is 3.10. The van der Waals surface area contributed by atoms with Crippen LogP contribution in [0, 0.1) is 52.6 Å². The lowest BCUT2D eigenvalue weighted by Gasteiger charge is -2.36. The first-order chi connectivity index (χ1) is 24.2. The molecular weight excluding hydrogens is 705 g/mol. The zero-order chi connectivity index (χ0) is 37.7. The molecule has 0 bridgehead atoms. The Bertz CT molecular complexity index is 1770. The molecule has 11 heteroatoms. The molecule has 0 heterocycles. The van der Waals surface area contributed by atoms with Crippen molar-refractivity contribution in [3.05, 3.63) is 52.6 Å². The molecule has 4 aromatic carbocycles.